The van der Waals surface area contributed by atoms with Gasteiger partial charge < -0.3 is 15.0 Å². The van der Waals surface area contributed by atoms with Crippen molar-refractivity contribution in [1.82, 2.24) is 20.0 Å². The molecule has 1 N–H and O–H groups in total. The van der Waals surface area contributed by atoms with E-state index in [2.05, 4.69) is 47.3 Å². The minimum absolute atomic E-state index is 0.0848. The number of amides is 1. The molecule has 1 amide bonds. The molecule has 1 aromatic carbocycles. The molecule has 0 radical (unpaired) electrons. The Balaban J connectivity index is 1.33. The Hall–Kier alpha value is -2.18. The van der Waals surface area contributed by atoms with E-state index in [0.717, 1.165) is 38.8 Å². The average Bonchev–Trinajstić information content (AvgIpc) is 3.49. The van der Waals surface area contributed by atoms with Crippen molar-refractivity contribution >= 4 is 5.91 Å². The molecule has 2 fully saturated rings. The Kier molecular flexibility index (Phi) is 6.84. The van der Waals surface area contributed by atoms with E-state index in [9.17, 15) is 4.79 Å². The summed E-state index contributed by atoms with van der Waals surface area (Å²) in [6.07, 6.45) is 9.18. The number of benzene rings is 1. The number of aryl methyl sites for hydroxylation is 1. The molecule has 1 aliphatic heterocycles. The van der Waals surface area contributed by atoms with Crippen LogP contribution in [-0.4, -0.2) is 59.5 Å². The Morgan fingerprint density at radius 1 is 1.18 bits per heavy atom. The van der Waals surface area contributed by atoms with Gasteiger partial charge in [-0.15, -0.1) is 0 Å². The molecule has 1 saturated carbocycles. The molecule has 2 heterocycles. The van der Waals surface area contributed by atoms with E-state index in [0.29, 0.717) is 38.0 Å². The lowest BCUT2D eigenvalue weighted by Crippen LogP contribution is -2.44. The Morgan fingerprint density at radius 2 is 1.94 bits per heavy atom. The van der Waals surface area contributed by atoms with Gasteiger partial charge in [0.2, 0.25) is 0 Å². The van der Waals surface area contributed by atoms with Crippen molar-refractivity contribution in [3.63, 3.8) is 0 Å². The number of aromatic nitrogens is 2. The van der Waals surface area contributed by atoms with Gasteiger partial charge in [-0.1, -0.05) is 50.1 Å². The van der Waals surface area contributed by atoms with Crippen molar-refractivity contribution in [2.45, 2.75) is 76.3 Å². The minimum Gasteiger partial charge on any atom is -0.378 e. The second kappa shape index (κ2) is 9.98. The number of fused-ring (bicyclic) bond motifs is 1. The van der Waals surface area contributed by atoms with Gasteiger partial charge in [0, 0.05) is 48.9 Å². The number of hydrogen-bond donors (Lipinski definition) is 1. The summed E-state index contributed by atoms with van der Waals surface area (Å²) in [6, 6.07) is 11.5. The van der Waals surface area contributed by atoms with E-state index in [1.54, 1.807) is 0 Å². The molecule has 0 bridgehead atoms. The van der Waals surface area contributed by atoms with Crippen LogP contribution in [0.1, 0.15) is 72.8 Å². The number of carbonyl (C=O) groups excluding carboxylic acids is 1. The summed E-state index contributed by atoms with van der Waals surface area (Å²) in [5.41, 5.74) is 4.88. The van der Waals surface area contributed by atoms with E-state index < -0.39 is 0 Å². The van der Waals surface area contributed by atoms with E-state index >= 15 is 0 Å². The van der Waals surface area contributed by atoms with Crippen LogP contribution in [0.2, 0.25) is 0 Å². The van der Waals surface area contributed by atoms with Gasteiger partial charge in [-0.05, 0) is 44.1 Å². The van der Waals surface area contributed by atoms with Gasteiger partial charge in [-0.25, -0.2) is 0 Å². The normalized spacial score (nSPS) is 22.3. The van der Waals surface area contributed by atoms with Crippen molar-refractivity contribution in [2.24, 2.45) is 0 Å². The van der Waals surface area contributed by atoms with Crippen molar-refractivity contribution < 1.29 is 9.53 Å². The predicted molar refractivity (Wildman–Crippen MR) is 130 cm³/mol. The van der Waals surface area contributed by atoms with Gasteiger partial charge in [0.25, 0.3) is 5.91 Å². The molecule has 5 rings (SSSR count). The lowest BCUT2D eigenvalue weighted by Gasteiger charge is -2.34. The first-order valence-electron chi connectivity index (χ1n) is 12.9. The van der Waals surface area contributed by atoms with Gasteiger partial charge in [0.1, 0.15) is 0 Å². The maximum absolute atomic E-state index is 13.4. The molecule has 6 heteroatoms. The maximum Gasteiger partial charge on any atom is 0.274 e. The van der Waals surface area contributed by atoms with E-state index in [4.69, 9.17) is 9.84 Å². The lowest BCUT2D eigenvalue weighted by atomic mass is 9.78. The highest BCUT2D eigenvalue weighted by Gasteiger charge is 2.37. The van der Waals surface area contributed by atoms with Crippen LogP contribution in [0, 0.1) is 0 Å². The fourth-order valence-electron chi connectivity index (χ4n) is 6.10. The highest BCUT2D eigenvalue weighted by Crippen LogP contribution is 2.41. The Bertz CT molecular complexity index is 943. The number of nitrogens with one attached hydrogen (secondary N) is 1. The van der Waals surface area contributed by atoms with Crippen LogP contribution in [0.3, 0.4) is 0 Å². The second-order valence-corrected chi connectivity index (χ2v) is 10.1. The zero-order chi connectivity index (χ0) is 22.7. The fraction of sp³-hybridized carbons (Fsp3) is 0.630. The SMILES string of the molecule is CCCn1nc(C(=O)N2CCOCC2)c2c1CCC(NCC1(c3ccccc3)CCCC1)C2. The zero-order valence-corrected chi connectivity index (χ0v) is 20.0. The summed E-state index contributed by atoms with van der Waals surface area (Å²) in [6.45, 7) is 6.64. The first-order chi connectivity index (χ1) is 16.2. The van der Waals surface area contributed by atoms with Gasteiger partial charge >= 0.3 is 0 Å². The molecule has 1 aromatic heterocycles. The quantitative estimate of drug-likeness (QED) is 0.698. The molecule has 3 aliphatic rings. The summed E-state index contributed by atoms with van der Waals surface area (Å²) >= 11 is 0. The number of carbonyl (C=O) groups is 1. The Morgan fingerprint density at radius 3 is 2.67 bits per heavy atom. The first kappa shape index (κ1) is 22.6. The molecular formula is C27H38N4O2. The molecule has 2 aromatic rings. The van der Waals surface area contributed by atoms with Crippen LogP contribution in [0.15, 0.2) is 30.3 Å². The summed E-state index contributed by atoms with van der Waals surface area (Å²) in [5, 5.41) is 8.80. The van der Waals surface area contributed by atoms with E-state index in [-0.39, 0.29) is 11.3 Å². The van der Waals surface area contributed by atoms with Crippen LogP contribution in [0.25, 0.3) is 0 Å². The molecule has 6 nitrogen and oxygen atoms in total. The predicted octanol–water partition coefficient (Wildman–Crippen LogP) is 3.72. The molecule has 178 valence electrons. The van der Waals surface area contributed by atoms with Gasteiger partial charge in [-0.2, -0.15) is 5.10 Å². The number of nitrogens with zero attached hydrogens (tertiary/aromatic N) is 3. The maximum atomic E-state index is 13.4. The van der Waals surface area contributed by atoms with Crippen LogP contribution in [0.4, 0.5) is 0 Å². The second-order valence-electron chi connectivity index (χ2n) is 10.1. The number of ether oxygens (including phenoxy) is 1. The van der Waals surface area contributed by atoms with Gasteiger partial charge in [-0.3, -0.25) is 9.48 Å². The molecule has 2 aliphatic carbocycles. The van der Waals surface area contributed by atoms with Crippen molar-refractivity contribution in [3.05, 3.63) is 52.8 Å². The van der Waals surface area contributed by atoms with E-state index in [1.165, 1.54) is 42.5 Å². The third-order valence-corrected chi connectivity index (χ3v) is 7.96. The van der Waals surface area contributed by atoms with Gasteiger partial charge in [0.15, 0.2) is 5.69 Å². The number of hydrogen-bond acceptors (Lipinski definition) is 4. The molecule has 1 saturated heterocycles. The van der Waals surface area contributed by atoms with Gasteiger partial charge in [0.05, 0.1) is 13.2 Å². The topological polar surface area (TPSA) is 59.4 Å². The third kappa shape index (κ3) is 4.60. The summed E-state index contributed by atoms with van der Waals surface area (Å²) in [5.74, 6) is 0.0848. The summed E-state index contributed by atoms with van der Waals surface area (Å²) in [7, 11) is 0. The first-order valence-corrected chi connectivity index (χ1v) is 12.9. The standard InChI is InChI=1S/C27H38N4O2/c1-2-14-31-24-11-10-22(19-23(24)25(29-31)26(32)30-15-17-33-18-16-30)28-20-27(12-6-7-13-27)21-8-4-3-5-9-21/h3-5,8-9,22,28H,2,6-7,10-20H2,1H3. The van der Waals surface area contributed by atoms with Crippen LogP contribution < -0.4 is 5.32 Å². The van der Waals surface area contributed by atoms with Crippen molar-refractivity contribution in [1.29, 1.82) is 0 Å². The van der Waals surface area contributed by atoms with E-state index in [1.807, 2.05) is 4.90 Å². The molecule has 33 heavy (non-hydrogen) atoms. The van der Waals surface area contributed by atoms with Crippen LogP contribution in [-0.2, 0) is 29.5 Å². The average molecular weight is 451 g/mol. The highest BCUT2D eigenvalue weighted by atomic mass is 16.5. The van der Waals surface area contributed by atoms with Crippen molar-refractivity contribution in [2.75, 3.05) is 32.8 Å². The monoisotopic (exact) mass is 450 g/mol. The number of morpholine rings is 1. The smallest absolute Gasteiger partial charge is 0.274 e. The summed E-state index contributed by atoms with van der Waals surface area (Å²) in [4.78, 5) is 15.3. The molecule has 1 atom stereocenters. The highest BCUT2D eigenvalue weighted by molar-refractivity contribution is 5.94. The Labute approximate surface area is 197 Å². The lowest BCUT2D eigenvalue weighted by molar-refractivity contribution is 0.0297. The van der Waals surface area contributed by atoms with Crippen LogP contribution in [0.5, 0.6) is 0 Å². The minimum atomic E-state index is 0.0848. The zero-order valence-electron chi connectivity index (χ0n) is 20.0. The largest absolute Gasteiger partial charge is 0.378 e. The number of rotatable bonds is 7. The van der Waals surface area contributed by atoms with Crippen molar-refractivity contribution in [3.8, 4) is 0 Å². The van der Waals surface area contributed by atoms with Crippen LogP contribution >= 0.6 is 0 Å². The molecular weight excluding hydrogens is 412 g/mol. The summed E-state index contributed by atoms with van der Waals surface area (Å²) < 4.78 is 7.57. The third-order valence-electron chi connectivity index (χ3n) is 7.96. The molecule has 1 unspecified atom stereocenters. The molecule has 0 spiro atoms. The fourth-order valence-corrected chi connectivity index (χ4v) is 6.10.